The van der Waals surface area contributed by atoms with Crippen molar-refractivity contribution in [3.05, 3.63) is 0 Å². The van der Waals surface area contributed by atoms with Crippen LogP contribution in [0.1, 0.15) is 116 Å². The van der Waals surface area contributed by atoms with Crippen molar-refractivity contribution < 1.29 is 27.7 Å². The number of hydrogen-bond acceptors (Lipinski definition) is 4. The Morgan fingerprint density at radius 2 is 0.970 bits per heavy atom. The van der Waals surface area contributed by atoms with Crippen LogP contribution in [0.25, 0.3) is 0 Å². The molecule has 0 fully saturated rings. The minimum absolute atomic E-state index is 0.178. The Morgan fingerprint density at radius 1 is 0.576 bits per heavy atom. The fourth-order valence-corrected chi connectivity index (χ4v) is 4.41. The van der Waals surface area contributed by atoms with Crippen molar-refractivity contribution in [1.82, 2.24) is 0 Å². The zero-order chi connectivity index (χ0) is 24.7. The van der Waals surface area contributed by atoms with Crippen LogP contribution in [0, 0.1) is 0 Å². The topological polar surface area (TPSA) is 65.0 Å². The number of ether oxygens (including phenoxy) is 1. The minimum Gasteiger partial charge on any atom is -0.381 e. The van der Waals surface area contributed by atoms with E-state index in [2.05, 4.69) is 6.92 Å². The van der Waals surface area contributed by atoms with Crippen LogP contribution in [0.2, 0.25) is 0 Å². The predicted molar refractivity (Wildman–Crippen MR) is 140 cm³/mol. The van der Waals surface area contributed by atoms with Gasteiger partial charge in [-0.15, -0.1) is 0 Å². The van der Waals surface area contributed by atoms with E-state index >= 15 is 0 Å². The second kappa shape index (κ2) is 22.5. The second-order valence-corrected chi connectivity index (χ2v) is 11.9. The van der Waals surface area contributed by atoms with Crippen LogP contribution in [0.15, 0.2) is 0 Å². The van der Waals surface area contributed by atoms with Gasteiger partial charge in [0, 0.05) is 13.2 Å². The Kier molecular flexibility index (Phi) is 22.5. The van der Waals surface area contributed by atoms with E-state index in [1.165, 1.54) is 96.3 Å². The molecule has 0 amide bonds. The maximum Gasteiger partial charge on any atom is 0.472 e. The van der Waals surface area contributed by atoms with Gasteiger partial charge in [0.15, 0.2) is 0 Å². The summed E-state index contributed by atoms with van der Waals surface area (Å²) in [5.41, 5.74) is 0. The van der Waals surface area contributed by atoms with Crippen LogP contribution in [-0.4, -0.2) is 63.5 Å². The Balaban J connectivity index is 3.23. The van der Waals surface area contributed by atoms with E-state index < -0.39 is 7.82 Å². The van der Waals surface area contributed by atoms with Gasteiger partial charge in [0.2, 0.25) is 0 Å². The fourth-order valence-electron chi connectivity index (χ4n) is 3.66. The van der Waals surface area contributed by atoms with Gasteiger partial charge in [-0.25, -0.2) is 4.57 Å². The summed E-state index contributed by atoms with van der Waals surface area (Å²) in [6.07, 6.45) is 22.5. The van der Waals surface area contributed by atoms with Crippen molar-refractivity contribution in [1.29, 1.82) is 0 Å². The lowest BCUT2D eigenvalue weighted by atomic mass is 10.0. The van der Waals surface area contributed by atoms with Gasteiger partial charge in [-0.2, -0.15) is 0 Å². The number of phosphoric ester groups is 1. The number of rotatable bonds is 26. The highest BCUT2D eigenvalue weighted by Gasteiger charge is 2.22. The summed E-state index contributed by atoms with van der Waals surface area (Å²) in [6.45, 7) is 4.62. The molecular formula is C26H57NO5P+. The zero-order valence-electron chi connectivity index (χ0n) is 22.5. The van der Waals surface area contributed by atoms with Crippen molar-refractivity contribution in [3.8, 4) is 0 Å². The molecule has 0 heterocycles. The Morgan fingerprint density at radius 3 is 1.42 bits per heavy atom. The molecule has 0 aromatic heterocycles. The highest BCUT2D eigenvalue weighted by atomic mass is 31.2. The van der Waals surface area contributed by atoms with Crippen molar-refractivity contribution in [3.63, 3.8) is 0 Å². The van der Waals surface area contributed by atoms with Crippen molar-refractivity contribution >= 4 is 7.82 Å². The molecule has 0 radical (unpaired) electrons. The molecule has 0 saturated carbocycles. The molecule has 0 aliphatic carbocycles. The molecule has 200 valence electrons. The largest absolute Gasteiger partial charge is 0.472 e. The number of phosphoric acid groups is 1. The first-order valence-corrected chi connectivity index (χ1v) is 15.3. The summed E-state index contributed by atoms with van der Waals surface area (Å²) in [4.78, 5) is 9.63. The molecule has 0 bridgehead atoms. The first kappa shape index (κ1) is 33.0. The van der Waals surface area contributed by atoms with Gasteiger partial charge >= 0.3 is 7.82 Å². The molecular weight excluding hydrogens is 437 g/mol. The third kappa shape index (κ3) is 28.2. The van der Waals surface area contributed by atoms with Crippen LogP contribution in [0.3, 0.4) is 0 Å². The number of likely N-dealkylation sites (N-methyl/N-ethyl adjacent to an activating group) is 1. The van der Waals surface area contributed by atoms with E-state index in [4.69, 9.17) is 13.8 Å². The molecule has 0 aliphatic heterocycles. The van der Waals surface area contributed by atoms with Gasteiger partial charge in [0.25, 0.3) is 0 Å². The van der Waals surface area contributed by atoms with Crippen molar-refractivity contribution in [2.24, 2.45) is 0 Å². The quantitative estimate of drug-likeness (QED) is 0.0766. The molecule has 6 nitrogen and oxygen atoms in total. The Labute approximate surface area is 206 Å². The third-order valence-corrected chi connectivity index (χ3v) is 6.86. The summed E-state index contributed by atoms with van der Waals surface area (Å²) in [5.74, 6) is 0. The van der Waals surface area contributed by atoms with E-state index in [1.54, 1.807) is 0 Å². The Bertz CT molecular complexity index is 456. The molecule has 33 heavy (non-hydrogen) atoms. The number of quaternary nitrogens is 1. The summed E-state index contributed by atoms with van der Waals surface area (Å²) in [7, 11) is 2.07. The van der Waals surface area contributed by atoms with Crippen LogP contribution in [0.5, 0.6) is 0 Å². The summed E-state index contributed by atoms with van der Waals surface area (Å²) < 4.78 is 28.0. The minimum atomic E-state index is -3.94. The molecule has 0 saturated heterocycles. The van der Waals surface area contributed by atoms with Gasteiger partial charge in [0.05, 0.1) is 27.7 Å². The van der Waals surface area contributed by atoms with Crippen molar-refractivity contribution in [2.75, 3.05) is 54.1 Å². The second-order valence-electron chi connectivity index (χ2n) is 10.4. The maximum atomic E-state index is 11.8. The first-order chi connectivity index (χ1) is 15.8. The molecule has 0 spiro atoms. The molecule has 1 unspecified atom stereocenters. The lowest BCUT2D eigenvalue weighted by molar-refractivity contribution is -0.870. The summed E-state index contributed by atoms with van der Waals surface area (Å²) in [5, 5.41) is 0. The average Bonchev–Trinajstić information content (AvgIpc) is 2.73. The fraction of sp³-hybridized carbons (Fsp3) is 1.00. The van der Waals surface area contributed by atoms with Gasteiger partial charge in [-0.3, -0.25) is 9.05 Å². The zero-order valence-corrected chi connectivity index (χ0v) is 23.4. The first-order valence-electron chi connectivity index (χ1n) is 13.8. The smallest absolute Gasteiger partial charge is 0.381 e. The highest BCUT2D eigenvalue weighted by molar-refractivity contribution is 7.47. The van der Waals surface area contributed by atoms with E-state index in [0.717, 1.165) is 13.0 Å². The van der Waals surface area contributed by atoms with Gasteiger partial charge in [-0.1, -0.05) is 103 Å². The van der Waals surface area contributed by atoms with Gasteiger partial charge < -0.3 is 14.1 Å². The SMILES string of the molecule is CCCCCCCCCCCCCCCCCCOCCCOP(=O)(O)OCC[N+](C)(C)C. The summed E-state index contributed by atoms with van der Waals surface area (Å²) >= 11 is 0. The predicted octanol–water partition coefficient (Wildman–Crippen LogP) is 7.49. The average molecular weight is 495 g/mol. The van der Waals surface area contributed by atoms with Gasteiger partial charge in [-0.05, 0) is 12.8 Å². The molecule has 0 aromatic rings. The number of unbranched alkanes of at least 4 members (excludes halogenated alkanes) is 15. The van der Waals surface area contributed by atoms with E-state index in [1.807, 2.05) is 21.1 Å². The molecule has 0 aromatic carbocycles. The number of nitrogens with zero attached hydrogens (tertiary/aromatic N) is 1. The molecule has 1 atom stereocenters. The molecule has 7 heteroatoms. The van der Waals surface area contributed by atoms with Gasteiger partial charge in [0.1, 0.15) is 13.2 Å². The van der Waals surface area contributed by atoms with E-state index in [0.29, 0.717) is 24.1 Å². The molecule has 0 aliphatic rings. The maximum absolute atomic E-state index is 11.8. The molecule has 1 N–H and O–H groups in total. The van der Waals surface area contributed by atoms with Crippen LogP contribution in [-0.2, 0) is 18.3 Å². The normalized spacial score (nSPS) is 14.0. The van der Waals surface area contributed by atoms with Crippen LogP contribution >= 0.6 is 7.82 Å². The van der Waals surface area contributed by atoms with Crippen LogP contribution in [0.4, 0.5) is 0 Å². The van der Waals surface area contributed by atoms with E-state index in [-0.39, 0.29) is 13.2 Å². The van der Waals surface area contributed by atoms with Crippen molar-refractivity contribution in [2.45, 2.75) is 116 Å². The van der Waals surface area contributed by atoms with Crippen LogP contribution < -0.4 is 0 Å². The standard InChI is InChI=1S/C26H56NO5P/c1-5-6-7-8-9-10-11-12-13-14-15-16-17-18-19-20-23-30-24-21-25-31-33(28,29)32-26-22-27(2,3)4/h5-26H2,1-4H3/p+1. The molecule has 0 rings (SSSR count). The number of hydrogen-bond donors (Lipinski definition) is 1. The highest BCUT2D eigenvalue weighted by Crippen LogP contribution is 2.43. The monoisotopic (exact) mass is 494 g/mol. The lowest BCUT2D eigenvalue weighted by Crippen LogP contribution is -2.37. The lowest BCUT2D eigenvalue weighted by Gasteiger charge is -2.24. The Hall–Kier alpha value is 0.0300. The summed E-state index contributed by atoms with van der Waals surface area (Å²) in [6, 6.07) is 0. The third-order valence-electron chi connectivity index (χ3n) is 5.85. The van der Waals surface area contributed by atoms with E-state index in [9.17, 15) is 9.46 Å².